The summed E-state index contributed by atoms with van der Waals surface area (Å²) >= 11 is 0. The lowest BCUT2D eigenvalue weighted by Crippen LogP contribution is -2.46. The zero-order valence-electron chi connectivity index (χ0n) is 16.0. The molecule has 0 radical (unpaired) electrons. The third kappa shape index (κ3) is 3.56. The van der Waals surface area contributed by atoms with Gasteiger partial charge in [0.2, 0.25) is 0 Å². The Balaban J connectivity index is 1.53. The van der Waals surface area contributed by atoms with E-state index in [9.17, 15) is 9.59 Å². The van der Waals surface area contributed by atoms with Crippen LogP contribution in [0.4, 0.5) is 4.79 Å². The van der Waals surface area contributed by atoms with Crippen molar-refractivity contribution in [1.29, 1.82) is 0 Å². The Morgan fingerprint density at radius 2 is 1.85 bits per heavy atom. The highest BCUT2D eigenvalue weighted by molar-refractivity contribution is 5.80. The summed E-state index contributed by atoms with van der Waals surface area (Å²) in [5, 5.41) is 6.09. The third-order valence-electron chi connectivity index (χ3n) is 5.64. The van der Waals surface area contributed by atoms with Crippen LogP contribution in [0.5, 0.6) is 0 Å². The summed E-state index contributed by atoms with van der Waals surface area (Å²) in [5.74, 6) is -0.0142. The van der Waals surface area contributed by atoms with Crippen molar-refractivity contribution in [1.82, 2.24) is 15.5 Å². The minimum Gasteiger partial charge on any atom is -0.363 e. The van der Waals surface area contributed by atoms with E-state index >= 15 is 0 Å². The number of ether oxygens (including phenoxy) is 1. The summed E-state index contributed by atoms with van der Waals surface area (Å²) in [5.41, 5.74) is 0.839. The number of rotatable bonds is 5. The molecular formula is C20H29N3O3. The van der Waals surface area contributed by atoms with E-state index in [1.165, 1.54) is 0 Å². The molecule has 3 atom stereocenters. The minimum atomic E-state index is -0.391. The summed E-state index contributed by atoms with van der Waals surface area (Å²) in [6.07, 6.45) is 1.88. The van der Waals surface area contributed by atoms with Gasteiger partial charge in [-0.2, -0.15) is 0 Å². The Morgan fingerprint density at radius 1 is 1.19 bits per heavy atom. The molecule has 1 aromatic carbocycles. The zero-order valence-corrected chi connectivity index (χ0v) is 16.0. The fraction of sp³-hybridized carbons (Fsp3) is 0.600. The van der Waals surface area contributed by atoms with Gasteiger partial charge in [0.15, 0.2) is 0 Å². The van der Waals surface area contributed by atoms with Crippen molar-refractivity contribution in [3.05, 3.63) is 35.9 Å². The largest absolute Gasteiger partial charge is 0.363 e. The van der Waals surface area contributed by atoms with Crippen LogP contribution in [-0.4, -0.2) is 49.7 Å². The van der Waals surface area contributed by atoms with Crippen molar-refractivity contribution < 1.29 is 14.3 Å². The normalized spacial score (nSPS) is 29.1. The van der Waals surface area contributed by atoms with Gasteiger partial charge >= 0.3 is 6.03 Å². The zero-order chi connectivity index (χ0) is 18.9. The van der Waals surface area contributed by atoms with Gasteiger partial charge in [-0.25, -0.2) is 4.79 Å². The summed E-state index contributed by atoms with van der Waals surface area (Å²) in [6.45, 7) is 4.74. The van der Waals surface area contributed by atoms with E-state index in [1.807, 2.05) is 18.2 Å². The fourth-order valence-electron chi connectivity index (χ4n) is 3.89. The Bertz CT molecular complexity index is 674. The van der Waals surface area contributed by atoms with E-state index in [2.05, 4.69) is 36.6 Å². The second-order valence-corrected chi connectivity index (χ2v) is 8.22. The Hall–Kier alpha value is -2.08. The first-order valence-corrected chi connectivity index (χ1v) is 9.23. The first-order valence-electron chi connectivity index (χ1n) is 9.23. The van der Waals surface area contributed by atoms with Crippen molar-refractivity contribution in [3.63, 3.8) is 0 Å². The van der Waals surface area contributed by atoms with Crippen molar-refractivity contribution >= 4 is 11.9 Å². The number of amides is 3. The smallest absolute Gasteiger partial charge is 0.315 e. The van der Waals surface area contributed by atoms with Crippen LogP contribution in [-0.2, 0) is 15.1 Å². The summed E-state index contributed by atoms with van der Waals surface area (Å²) < 4.78 is 5.77. The molecule has 0 spiro atoms. The van der Waals surface area contributed by atoms with Crippen LogP contribution < -0.4 is 10.6 Å². The van der Waals surface area contributed by atoms with Crippen LogP contribution in [0, 0.1) is 5.41 Å². The second-order valence-electron chi connectivity index (χ2n) is 8.22. The van der Waals surface area contributed by atoms with Gasteiger partial charge in [0.25, 0.3) is 5.91 Å². The van der Waals surface area contributed by atoms with E-state index in [-0.39, 0.29) is 29.0 Å². The van der Waals surface area contributed by atoms with Gasteiger partial charge in [-0.15, -0.1) is 0 Å². The predicted molar refractivity (Wildman–Crippen MR) is 99.6 cm³/mol. The predicted octanol–water partition coefficient (Wildman–Crippen LogP) is 2.25. The number of urea groups is 1. The molecule has 0 bridgehead atoms. The van der Waals surface area contributed by atoms with Gasteiger partial charge in [0, 0.05) is 20.6 Å². The molecule has 1 saturated heterocycles. The fourth-order valence-corrected chi connectivity index (χ4v) is 3.89. The van der Waals surface area contributed by atoms with Crippen molar-refractivity contribution in [2.45, 2.75) is 50.9 Å². The summed E-state index contributed by atoms with van der Waals surface area (Å²) in [6, 6.07) is 9.92. The summed E-state index contributed by atoms with van der Waals surface area (Å²) in [7, 11) is 3.45. The van der Waals surface area contributed by atoms with E-state index in [1.54, 1.807) is 19.0 Å². The van der Waals surface area contributed by atoms with Gasteiger partial charge in [-0.05, 0) is 30.2 Å². The number of hydrogen-bond donors (Lipinski definition) is 2. The number of carbonyl (C=O) groups excluding carboxylic acids is 2. The maximum Gasteiger partial charge on any atom is 0.315 e. The number of benzene rings is 1. The average Bonchev–Trinajstić information content (AvgIpc) is 2.96. The standard InChI is InChI=1S/C20H29N3O3/c1-19(2)13-20(19,14-8-6-5-7-9-14)22-18(25)21-12-15-10-11-16(26-15)17(24)23(3)4/h5-9,15-16H,10-13H2,1-4H3,(H2,21,22,25). The van der Waals surface area contributed by atoms with Crippen molar-refractivity contribution in [2.24, 2.45) is 5.41 Å². The van der Waals surface area contributed by atoms with Gasteiger partial charge in [-0.1, -0.05) is 44.2 Å². The maximum absolute atomic E-state index is 12.5. The monoisotopic (exact) mass is 359 g/mol. The lowest BCUT2D eigenvalue weighted by Gasteiger charge is -2.24. The molecule has 1 aromatic rings. The van der Waals surface area contributed by atoms with Gasteiger partial charge in [-0.3, -0.25) is 4.79 Å². The molecule has 1 aliphatic carbocycles. The topological polar surface area (TPSA) is 70.7 Å². The van der Waals surface area contributed by atoms with Crippen LogP contribution in [0.2, 0.25) is 0 Å². The second kappa shape index (κ2) is 6.91. The minimum absolute atomic E-state index is 0.0142. The van der Waals surface area contributed by atoms with Crippen molar-refractivity contribution in [3.8, 4) is 0 Å². The molecule has 6 heteroatoms. The molecule has 142 valence electrons. The Morgan fingerprint density at radius 3 is 2.42 bits per heavy atom. The number of nitrogens with zero attached hydrogens (tertiary/aromatic N) is 1. The van der Waals surface area contributed by atoms with Gasteiger partial charge in [0.05, 0.1) is 11.6 Å². The van der Waals surface area contributed by atoms with Gasteiger partial charge < -0.3 is 20.3 Å². The number of nitrogens with one attached hydrogen (secondary N) is 2. The molecule has 2 fully saturated rings. The van der Waals surface area contributed by atoms with Crippen LogP contribution in [0.1, 0.15) is 38.7 Å². The quantitative estimate of drug-likeness (QED) is 0.847. The lowest BCUT2D eigenvalue weighted by molar-refractivity contribution is -0.140. The molecule has 0 aromatic heterocycles. The molecule has 2 aliphatic rings. The van der Waals surface area contributed by atoms with E-state index in [0.717, 1.165) is 18.4 Å². The molecule has 2 N–H and O–H groups in total. The number of hydrogen-bond acceptors (Lipinski definition) is 3. The van der Waals surface area contributed by atoms with E-state index < -0.39 is 6.10 Å². The first kappa shape index (κ1) is 18.7. The average molecular weight is 359 g/mol. The molecule has 1 aliphatic heterocycles. The summed E-state index contributed by atoms with van der Waals surface area (Å²) in [4.78, 5) is 26.0. The highest BCUT2D eigenvalue weighted by atomic mass is 16.5. The molecule has 6 nitrogen and oxygen atoms in total. The lowest BCUT2D eigenvalue weighted by atomic mass is 9.96. The molecular weight excluding hydrogens is 330 g/mol. The van der Waals surface area contributed by atoms with E-state index in [4.69, 9.17) is 4.74 Å². The molecule has 1 heterocycles. The number of likely N-dealkylation sites (N-methyl/N-ethyl adjacent to an activating group) is 1. The number of carbonyl (C=O) groups is 2. The molecule has 26 heavy (non-hydrogen) atoms. The van der Waals surface area contributed by atoms with Gasteiger partial charge in [0.1, 0.15) is 6.10 Å². The van der Waals surface area contributed by atoms with Crippen LogP contribution in [0.3, 0.4) is 0 Å². The maximum atomic E-state index is 12.5. The van der Waals surface area contributed by atoms with Crippen molar-refractivity contribution in [2.75, 3.05) is 20.6 Å². The van der Waals surface area contributed by atoms with Crippen LogP contribution in [0.15, 0.2) is 30.3 Å². The first-order chi connectivity index (χ1) is 12.2. The highest BCUT2D eigenvalue weighted by Crippen LogP contribution is 2.62. The molecule has 3 amide bonds. The molecule has 3 rings (SSSR count). The molecule has 1 saturated carbocycles. The van der Waals surface area contributed by atoms with Crippen LogP contribution in [0.25, 0.3) is 0 Å². The van der Waals surface area contributed by atoms with Crippen LogP contribution >= 0.6 is 0 Å². The third-order valence-corrected chi connectivity index (χ3v) is 5.64. The SMILES string of the molecule is CN(C)C(=O)C1CCC(CNC(=O)NC2(c3ccccc3)CC2(C)C)O1. The van der Waals surface area contributed by atoms with E-state index in [0.29, 0.717) is 13.0 Å². The highest BCUT2D eigenvalue weighted by Gasteiger charge is 2.63. The molecule has 3 unspecified atom stereocenters. The Labute approximate surface area is 155 Å². The Kier molecular flexibility index (Phi) is 4.97.